The van der Waals surface area contributed by atoms with E-state index in [1.165, 1.54) is 18.1 Å². The lowest BCUT2D eigenvalue weighted by molar-refractivity contribution is -0.137. The number of rotatable bonds is 6. The number of ketones is 1. The number of anilines is 1. The lowest BCUT2D eigenvalue weighted by atomic mass is 9.98. The maximum atomic E-state index is 13.1. The summed E-state index contributed by atoms with van der Waals surface area (Å²) in [6.45, 7) is 1.38. The van der Waals surface area contributed by atoms with Crippen LogP contribution in [0.3, 0.4) is 0 Å². The number of halogens is 2. The fraction of sp³-hybridized carbons (Fsp3) is 0.217. The molecule has 0 fully saturated rings. The molecular formula is C23H21Cl2N3O5. The first-order valence-corrected chi connectivity index (χ1v) is 10.7. The minimum Gasteiger partial charge on any atom is -0.481 e. The molecule has 0 aromatic heterocycles. The van der Waals surface area contributed by atoms with E-state index in [4.69, 9.17) is 28.3 Å². The maximum Gasteiger partial charge on any atom is 0.323 e. The molecule has 0 aliphatic carbocycles. The molecule has 3 amide bonds. The monoisotopic (exact) mass is 489 g/mol. The van der Waals surface area contributed by atoms with Crippen LogP contribution in [-0.2, 0) is 14.4 Å². The SMILES string of the molecule is CC1=CN(C)C(=O)C(N(C(=O)NCCC(=O)O)c2cccc(-c3ccc(Cl)cc3Cl)c2)C1=O. The number of nitrogens with zero attached hydrogens (tertiary/aromatic N) is 2. The van der Waals surface area contributed by atoms with Crippen LogP contribution < -0.4 is 10.2 Å². The van der Waals surface area contributed by atoms with E-state index in [-0.39, 0.29) is 18.7 Å². The largest absolute Gasteiger partial charge is 0.481 e. The van der Waals surface area contributed by atoms with E-state index in [9.17, 15) is 19.2 Å². The fourth-order valence-electron chi connectivity index (χ4n) is 3.46. The second-order valence-electron chi connectivity index (χ2n) is 7.45. The Morgan fingerprint density at radius 3 is 2.55 bits per heavy atom. The second kappa shape index (κ2) is 10.1. The Bertz CT molecular complexity index is 1160. The predicted octanol–water partition coefficient (Wildman–Crippen LogP) is 3.96. The molecule has 2 N–H and O–H groups in total. The first-order valence-electron chi connectivity index (χ1n) is 9.94. The lowest BCUT2D eigenvalue weighted by Crippen LogP contribution is -2.58. The van der Waals surface area contributed by atoms with Crippen LogP contribution in [0.25, 0.3) is 11.1 Å². The molecule has 1 aliphatic heterocycles. The van der Waals surface area contributed by atoms with Crippen LogP contribution in [0.1, 0.15) is 13.3 Å². The molecule has 3 rings (SSSR count). The number of urea groups is 1. The minimum atomic E-state index is -1.44. The van der Waals surface area contributed by atoms with Gasteiger partial charge < -0.3 is 15.3 Å². The molecule has 0 spiro atoms. The van der Waals surface area contributed by atoms with Crippen LogP contribution in [0.2, 0.25) is 10.0 Å². The van der Waals surface area contributed by atoms with Gasteiger partial charge in [0, 0.05) is 46.7 Å². The van der Waals surface area contributed by atoms with Crippen LogP contribution >= 0.6 is 23.2 Å². The van der Waals surface area contributed by atoms with Gasteiger partial charge in [-0.3, -0.25) is 19.3 Å². The molecule has 2 aromatic rings. The van der Waals surface area contributed by atoms with Crippen molar-refractivity contribution in [2.45, 2.75) is 19.4 Å². The van der Waals surface area contributed by atoms with Crippen LogP contribution in [0.15, 0.2) is 54.2 Å². The topological polar surface area (TPSA) is 107 Å². The summed E-state index contributed by atoms with van der Waals surface area (Å²) in [4.78, 5) is 52.2. The van der Waals surface area contributed by atoms with Crippen molar-refractivity contribution in [3.8, 4) is 11.1 Å². The second-order valence-corrected chi connectivity index (χ2v) is 8.29. The van der Waals surface area contributed by atoms with Crippen LogP contribution in [0, 0.1) is 0 Å². The van der Waals surface area contributed by atoms with E-state index in [1.54, 1.807) is 49.4 Å². The number of carbonyl (C=O) groups is 4. The zero-order chi connectivity index (χ0) is 24.3. The number of carboxylic acids is 1. The molecular weight excluding hydrogens is 469 g/mol. The number of amides is 3. The van der Waals surface area contributed by atoms with Crippen molar-refractivity contribution in [3.05, 3.63) is 64.3 Å². The molecule has 172 valence electrons. The van der Waals surface area contributed by atoms with Gasteiger partial charge in [-0.15, -0.1) is 0 Å². The number of aliphatic carboxylic acids is 1. The number of carboxylic acid groups (broad SMARTS) is 1. The number of likely N-dealkylation sites (N-methyl/N-ethyl adjacent to an activating group) is 1. The quantitative estimate of drug-likeness (QED) is 0.597. The Morgan fingerprint density at radius 2 is 1.88 bits per heavy atom. The van der Waals surface area contributed by atoms with Gasteiger partial charge in [-0.05, 0) is 36.8 Å². The molecule has 2 aromatic carbocycles. The molecule has 1 aliphatic rings. The van der Waals surface area contributed by atoms with Gasteiger partial charge in [-0.25, -0.2) is 4.79 Å². The van der Waals surface area contributed by atoms with Crippen molar-refractivity contribution in [2.75, 3.05) is 18.5 Å². The van der Waals surface area contributed by atoms with E-state index < -0.39 is 29.7 Å². The van der Waals surface area contributed by atoms with E-state index in [1.807, 2.05) is 0 Å². The Labute approximate surface area is 200 Å². The number of nitrogens with one attached hydrogen (secondary N) is 1. The third-order valence-corrected chi connectivity index (χ3v) is 5.61. The lowest BCUT2D eigenvalue weighted by Gasteiger charge is -2.34. The first kappa shape index (κ1) is 24.3. The van der Waals surface area contributed by atoms with Crippen LogP contribution in [0.4, 0.5) is 10.5 Å². The van der Waals surface area contributed by atoms with Gasteiger partial charge in [-0.2, -0.15) is 0 Å². The highest BCUT2D eigenvalue weighted by molar-refractivity contribution is 6.36. The first-order chi connectivity index (χ1) is 15.6. The normalized spacial score (nSPS) is 15.8. The molecule has 1 atom stereocenters. The Morgan fingerprint density at radius 1 is 1.15 bits per heavy atom. The van der Waals surface area contributed by atoms with Crippen molar-refractivity contribution >= 4 is 52.6 Å². The molecule has 33 heavy (non-hydrogen) atoms. The maximum absolute atomic E-state index is 13.1. The Balaban J connectivity index is 2.07. The molecule has 0 saturated heterocycles. The highest BCUT2D eigenvalue weighted by Crippen LogP contribution is 2.33. The molecule has 10 heteroatoms. The average molecular weight is 490 g/mol. The average Bonchev–Trinajstić information content (AvgIpc) is 2.75. The molecule has 0 saturated carbocycles. The summed E-state index contributed by atoms with van der Waals surface area (Å²) in [6.07, 6.45) is 1.09. The number of carbonyl (C=O) groups excluding carboxylic acids is 3. The summed E-state index contributed by atoms with van der Waals surface area (Å²) in [5, 5.41) is 12.2. The van der Waals surface area contributed by atoms with Gasteiger partial charge in [0.05, 0.1) is 6.42 Å². The van der Waals surface area contributed by atoms with Crippen molar-refractivity contribution in [3.63, 3.8) is 0 Å². The zero-order valence-corrected chi connectivity index (χ0v) is 19.4. The summed E-state index contributed by atoms with van der Waals surface area (Å²) >= 11 is 12.3. The summed E-state index contributed by atoms with van der Waals surface area (Å²) in [6, 6.07) is 9.39. The van der Waals surface area contributed by atoms with Gasteiger partial charge in [0.2, 0.25) is 0 Å². The van der Waals surface area contributed by atoms with Crippen molar-refractivity contribution in [2.24, 2.45) is 0 Å². The van der Waals surface area contributed by atoms with E-state index in [0.717, 1.165) is 4.90 Å². The van der Waals surface area contributed by atoms with Crippen molar-refractivity contribution in [1.82, 2.24) is 10.2 Å². The third kappa shape index (κ3) is 5.35. The van der Waals surface area contributed by atoms with Gasteiger partial charge in [0.15, 0.2) is 11.8 Å². The molecule has 0 bridgehead atoms. The number of hydrogen-bond acceptors (Lipinski definition) is 4. The Kier molecular flexibility index (Phi) is 7.40. The van der Waals surface area contributed by atoms with Crippen molar-refractivity contribution in [1.29, 1.82) is 0 Å². The predicted molar refractivity (Wildman–Crippen MR) is 125 cm³/mol. The van der Waals surface area contributed by atoms with Gasteiger partial charge in [0.25, 0.3) is 5.91 Å². The molecule has 1 unspecified atom stereocenters. The standard InChI is InChI=1S/C23H21Cl2N3O5/c1-13-12-27(2)22(32)20(21(13)31)28(23(33)26-9-8-19(29)30)16-5-3-4-14(10-16)17-7-6-15(24)11-18(17)25/h3-7,10-12,20H,8-9H2,1-2H3,(H,26,33)(H,29,30). The van der Waals surface area contributed by atoms with E-state index in [2.05, 4.69) is 5.32 Å². The van der Waals surface area contributed by atoms with Gasteiger partial charge >= 0.3 is 12.0 Å². The number of hydrogen-bond donors (Lipinski definition) is 2. The summed E-state index contributed by atoms with van der Waals surface area (Å²) in [5.41, 5.74) is 1.85. The van der Waals surface area contributed by atoms with Gasteiger partial charge in [0.1, 0.15) is 0 Å². The highest BCUT2D eigenvalue weighted by Gasteiger charge is 2.41. The van der Waals surface area contributed by atoms with E-state index >= 15 is 0 Å². The van der Waals surface area contributed by atoms with Crippen LogP contribution in [0.5, 0.6) is 0 Å². The van der Waals surface area contributed by atoms with Gasteiger partial charge in [-0.1, -0.05) is 41.4 Å². The summed E-state index contributed by atoms with van der Waals surface area (Å²) < 4.78 is 0. The Hall–Kier alpha value is -3.36. The number of Topliss-reactive ketones (excluding diaryl/α,β-unsaturated/α-hetero) is 1. The zero-order valence-electron chi connectivity index (χ0n) is 17.8. The highest BCUT2D eigenvalue weighted by atomic mass is 35.5. The molecule has 1 heterocycles. The minimum absolute atomic E-state index is 0.173. The summed E-state index contributed by atoms with van der Waals surface area (Å²) in [7, 11) is 1.50. The fourth-order valence-corrected chi connectivity index (χ4v) is 3.98. The van der Waals surface area contributed by atoms with Crippen LogP contribution in [-0.4, -0.2) is 53.3 Å². The summed E-state index contributed by atoms with van der Waals surface area (Å²) in [5.74, 6) is -2.21. The van der Waals surface area contributed by atoms with E-state index in [0.29, 0.717) is 26.7 Å². The molecule has 8 nitrogen and oxygen atoms in total. The van der Waals surface area contributed by atoms with Crippen molar-refractivity contribution < 1.29 is 24.3 Å². The third-order valence-electron chi connectivity index (χ3n) is 5.06. The molecule has 0 radical (unpaired) electrons. The smallest absolute Gasteiger partial charge is 0.323 e. The number of benzene rings is 2.